The molecule has 2 rings (SSSR count). The van der Waals surface area contributed by atoms with E-state index in [1.807, 2.05) is 6.92 Å². The van der Waals surface area contributed by atoms with Crippen LogP contribution >= 0.6 is 0 Å². The van der Waals surface area contributed by atoms with Gasteiger partial charge in [-0.05, 0) is 25.3 Å². The number of carboxylic acid groups (broad SMARTS) is 1. The molecule has 0 radical (unpaired) electrons. The molecular weight excluding hydrogens is 190 g/mol. The van der Waals surface area contributed by atoms with Crippen LogP contribution in [-0.2, 0) is 4.79 Å². The summed E-state index contributed by atoms with van der Waals surface area (Å²) in [6.45, 7) is 2.05. The second kappa shape index (κ2) is 4.03. The highest BCUT2D eigenvalue weighted by Crippen LogP contribution is 2.26. The average Bonchev–Trinajstić information content (AvgIpc) is 2.68. The van der Waals surface area contributed by atoms with Crippen molar-refractivity contribution in [2.45, 2.75) is 31.8 Å². The summed E-state index contributed by atoms with van der Waals surface area (Å²) in [6, 6.07) is 8.08. The van der Waals surface area contributed by atoms with Crippen LogP contribution in [0.3, 0.4) is 0 Å². The van der Waals surface area contributed by atoms with Crippen molar-refractivity contribution in [2.24, 2.45) is 0 Å². The van der Waals surface area contributed by atoms with E-state index < -0.39 is 5.97 Å². The predicted molar refractivity (Wildman–Crippen MR) is 57.7 cm³/mol. The van der Waals surface area contributed by atoms with Crippen LogP contribution in [0.1, 0.15) is 30.0 Å². The minimum absolute atomic E-state index is 0.201. The van der Waals surface area contributed by atoms with Crippen molar-refractivity contribution in [2.75, 3.05) is 0 Å². The molecule has 1 aliphatic rings. The molecule has 0 aliphatic carbocycles. The predicted octanol–water partition coefficient (Wildman–Crippen LogP) is 1.87. The van der Waals surface area contributed by atoms with E-state index in [1.165, 1.54) is 11.1 Å². The maximum atomic E-state index is 10.8. The number of hydrogen-bond acceptors (Lipinski definition) is 2. The van der Waals surface area contributed by atoms with Crippen LogP contribution in [0.15, 0.2) is 24.3 Å². The number of aryl methyl sites for hydroxylation is 1. The molecule has 3 heteroatoms. The van der Waals surface area contributed by atoms with Gasteiger partial charge in [-0.3, -0.25) is 10.1 Å². The molecule has 0 saturated carbocycles. The number of benzene rings is 1. The minimum atomic E-state index is -0.746. The largest absolute Gasteiger partial charge is 0.480 e. The average molecular weight is 205 g/mol. The minimum Gasteiger partial charge on any atom is -0.480 e. The van der Waals surface area contributed by atoms with Gasteiger partial charge in [0, 0.05) is 6.04 Å². The third-order valence-electron chi connectivity index (χ3n) is 2.92. The van der Waals surface area contributed by atoms with E-state index in [4.69, 9.17) is 5.11 Å². The molecule has 0 aromatic heterocycles. The maximum Gasteiger partial charge on any atom is 0.320 e. The third kappa shape index (κ3) is 2.18. The zero-order valence-electron chi connectivity index (χ0n) is 8.73. The molecule has 2 N–H and O–H groups in total. The third-order valence-corrected chi connectivity index (χ3v) is 2.92. The first-order chi connectivity index (χ1) is 7.16. The van der Waals surface area contributed by atoms with Crippen LogP contribution < -0.4 is 5.32 Å². The Morgan fingerprint density at radius 1 is 1.33 bits per heavy atom. The van der Waals surface area contributed by atoms with Gasteiger partial charge in [0.05, 0.1) is 0 Å². The Morgan fingerprint density at radius 2 is 2.00 bits per heavy atom. The molecule has 1 fully saturated rings. The Morgan fingerprint density at radius 3 is 2.53 bits per heavy atom. The summed E-state index contributed by atoms with van der Waals surface area (Å²) in [5.74, 6) is -0.746. The Bertz CT molecular complexity index is 358. The normalized spacial score (nSPS) is 25.4. The number of carboxylic acids is 1. The fourth-order valence-electron chi connectivity index (χ4n) is 2.00. The molecule has 0 spiro atoms. The number of carbonyl (C=O) groups is 1. The van der Waals surface area contributed by atoms with Gasteiger partial charge in [0.1, 0.15) is 6.04 Å². The molecule has 2 atom stereocenters. The van der Waals surface area contributed by atoms with E-state index in [-0.39, 0.29) is 12.1 Å². The highest BCUT2D eigenvalue weighted by atomic mass is 16.4. The van der Waals surface area contributed by atoms with Crippen LogP contribution in [0.25, 0.3) is 0 Å². The van der Waals surface area contributed by atoms with Crippen molar-refractivity contribution in [1.29, 1.82) is 0 Å². The van der Waals surface area contributed by atoms with Crippen LogP contribution in [0.2, 0.25) is 0 Å². The lowest BCUT2D eigenvalue weighted by molar-refractivity contribution is -0.139. The highest BCUT2D eigenvalue weighted by Gasteiger charge is 2.29. The van der Waals surface area contributed by atoms with Crippen molar-refractivity contribution >= 4 is 5.97 Å². The van der Waals surface area contributed by atoms with E-state index in [9.17, 15) is 4.79 Å². The quantitative estimate of drug-likeness (QED) is 0.775. The van der Waals surface area contributed by atoms with Gasteiger partial charge in [-0.15, -0.1) is 0 Å². The standard InChI is InChI=1S/C12H15NO2/c1-8-2-4-9(5-3-8)10-6-7-11(13-10)12(14)15/h2-5,10-11,13H,6-7H2,1H3,(H,14,15)/t10-,11-/m0/s1. The molecule has 80 valence electrons. The van der Waals surface area contributed by atoms with Crippen LogP contribution in [0.4, 0.5) is 0 Å². The number of nitrogens with one attached hydrogen (secondary N) is 1. The molecule has 1 aliphatic heterocycles. The van der Waals surface area contributed by atoms with Crippen LogP contribution in [0.5, 0.6) is 0 Å². The summed E-state index contributed by atoms with van der Waals surface area (Å²) >= 11 is 0. The zero-order chi connectivity index (χ0) is 10.8. The molecule has 1 saturated heterocycles. The number of hydrogen-bond donors (Lipinski definition) is 2. The molecular formula is C12H15NO2. The maximum absolute atomic E-state index is 10.8. The zero-order valence-corrected chi connectivity index (χ0v) is 8.73. The molecule has 1 aromatic carbocycles. The first-order valence-corrected chi connectivity index (χ1v) is 5.22. The Labute approximate surface area is 89.1 Å². The molecule has 0 bridgehead atoms. The van der Waals surface area contributed by atoms with Crippen molar-refractivity contribution in [3.63, 3.8) is 0 Å². The summed E-state index contributed by atoms with van der Waals surface area (Å²) < 4.78 is 0. The molecule has 0 unspecified atom stereocenters. The van der Waals surface area contributed by atoms with Crippen molar-refractivity contribution in [1.82, 2.24) is 5.32 Å². The van der Waals surface area contributed by atoms with Gasteiger partial charge in [-0.2, -0.15) is 0 Å². The van der Waals surface area contributed by atoms with Crippen molar-refractivity contribution in [3.05, 3.63) is 35.4 Å². The van der Waals surface area contributed by atoms with Crippen molar-refractivity contribution in [3.8, 4) is 0 Å². The van der Waals surface area contributed by atoms with Gasteiger partial charge in [0.2, 0.25) is 0 Å². The van der Waals surface area contributed by atoms with Gasteiger partial charge in [0.15, 0.2) is 0 Å². The van der Waals surface area contributed by atoms with E-state index in [0.717, 1.165) is 6.42 Å². The lowest BCUT2D eigenvalue weighted by atomic mass is 10.0. The monoisotopic (exact) mass is 205 g/mol. The summed E-state index contributed by atoms with van der Waals surface area (Å²) in [7, 11) is 0. The molecule has 1 heterocycles. The lowest BCUT2D eigenvalue weighted by Gasteiger charge is -2.12. The highest BCUT2D eigenvalue weighted by molar-refractivity contribution is 5.73. The fourth-order valence-corrected chi connectivity index (χ4v) is 2.00. The molecule has 3 nitrogen and oxygen atoms in total. The molecule has 1 aromatic rings. The molecule has 15 heavy (non-hydrogen) atoms. The van der Waals surface area contributed by atoms with Crippen LogP contribution in [-0.4, -0.2) is 17.1 Å². The fraction of sp³-hybridized carbons (Fsp3) is 0.417. The Hall–Kier alpha value is -1.35. The Balaban J connectivity index is 2.07. The summed E-state index contributed by atoms with van der Waals surface area (Å²) in [4.78, 5) is 10.8. The van der Waals surface area contributed by atoms with Gasteiger partial charge >= 0.3 is 5.97 Å². The van der Waals surface area contributed by atoms with Gasteiger partial charge in [-0.25, -0.2) is 0 Å². The van der Waals surface area contributed by atoms with E-state index in [0.29, 0.717) is 6.42 Å². The van der Waals surface area contributed by atoms with E-state index in [1.54, 1.807) is 0 Å². The smallest absolute Gasteiger partial charge is 0.320 e. The van der Waals surface area contributed by atoms with Gasteiger partial charge < -0.3 is 5.11 Å². The second-order valence-electron chi connectivity index (χ2n) is 4.10. The van der Waals surface area contributed by atoms with Crippen LogP contribution in [0, 0.1) is 6.92 Å². The second-order valence-corrected chi connectivity index (χ2v) is 4.10. The number of rotatable bonds is 2. The van der Waals surface area contributed by atoms with Gasteiger partial charge in [-0.1, -0.05) is 29.8 Å². The van der Waals surface area contributed by atoms with Crippen molar-refractivity contribution < 1.29 is 9.90 Å². The number of aliphatic carboxylic acids is 1. The first-order valence-electron chi connectivity index (χ1n) is 5.22. The van der Waals surface area contributed by atoms with E-state index in [2.05, 4.69) is 29.6 Å². The summed E-state index contributed by atoms with van der Waals surface area (Å²) in [5, 5.41) is 12.0. The topological polar surface area (TPSA) is 49.3 Å². The molecule has 0 amide bonds. The Kier molecular flexibility index (Phi) is 2.73. The SMILES string of the molecule is Cc1ccc([C@@H]2CC[C@@H](C(=O)O)N2)cc1. The summed E-state index contributed by atoms with van der Waals surface area (Å²) in [6.07, 6.45) is 1.62. The lowest BCUT2D eigenvalue weighted by Crippen LogP contribution is -2.31. The first kappa shape index (κ1) is 10.2. The van der Waals surface area contributed by atoms with Gasteiger partial charge in [0.25, 0.3) is 0 Å². The summed E-state index contributed by atoms with van der Waals surface area (Å²) in [5.41, 5.74) is 2.41. The van der Waals surface area contributed by atoms with E-state index >= 15 is 0 Å².